The number of furan rings is 1. The largest absolute Gasteiger partial charge is 0.496 e. The van der Waals surface area contributed by atoms with Crippen LogP contribution in [-0.2, 0) is 13.0 Å². The first-order chi connectivity index (χ1) is 19.8. The van der Waals surface area contributed by atoms with Gasteiger partial charge in [0.1, 0.15) is 29.4 Å². The first-order valence-electron chi connectivity index (χ1n) is 12.2. The average molecular weight is 580 g/mol. The number of hydrogen-bond donors (Lipinski definition) is 0. The summed E-state index contributed by atoms with van der Waals surface area (Å²) in [6.45, 7) is 0.133. The Morgan fingerprint density at radius 3 is 2.61 bits per heavy atom. The van der Waals surface area contributed by atoms with Gasteiger partial charge in [0, 0.05) is 18.6 Å². The Kier molecular flexibility index (Phi) is 6.83. The summed E-state index contributed by atoms with van der Waals surface area (Å²) in [6, 6.07) is 13.9. The Bertz CT molecular complexity index is 1900. The molecule has 0 amide bonds. The van der Waals surface area contributed by atoms with Gasteiger partial charge < -0.3 is 18.6 Å². The molecule has 0 atom stereocenters. The van der Waals surface area contributed by atoms with Crippen molar-refractivity contribution < 1.29 is 36.6 Å². The van der Waals surface area contributed by atoms with E-state index in [2.05, 4.69) is 10.1 Å². The third-order valence-corrected chi connectivity index (χ3v) is 7.23. The maximum absolute atomic E-state index is 14.1. The standard InChI is InChI=1S/C29H20F3N3O5S/c1-37-17-10-23(19-12-25(40-24(19)11-17)21-13-35-28(33-21)41-29(34-35)38-2)39-14-16-5-3-4-15(8-16)9-22(36)18-6-7-20(30)27(32)26(18)31/h3-8,10-13H,9,14H2,1-2H3. The molecule has 6 rings (SSSR count). The summed E-state index contributed by atoms with van der Waals surface area (Å²) in [5.41, 5.74) is 1.90. The van der Waals surface area contributed by atoms with Gasteiger partial charge in [0.25, 0.3) is 5.19 Å². The number of carbonyl (C=O) groups is 1. The monoisotopic (exact) mass is 579 g/mol. The fourth-order valence-electron chi connectivity index (χ4n) is 4.34. The van der Waals surface area contributed by atoms with Gasteiger partial charge in [-0.05, 0) is 40.7 Å². The number of benzene rings is 3. The molecule has 3 aromatic heterocycles. The number of Topliss-reactive ketones (excluding diaryl/α,β-unsaturated/α-hetero) is 1. The lowest BCUT2D eigenvalue weighted by atomic mass is 10.0. The number of rotatable bonds is 9. The van der Waals surface area contributed by atoms with Crippen LogP contribution in [0, 0.1) is 17.5 Å². The lowest BCUT2D eigenvalue weighted by Gasteiger charge is -2.10. The number of nitrogens with zero attached hydrogens (tertiary/aromatic N) is 3. The molecule has 0 N–H and O–H groups in total. The Balaban J connectivity index is 1.23. The molecule has 41 heavy (non-hydrogen) atoms. The maximum Gasteiger partial charge on any atom is 0.294 e. The van der Waals surface area contributed by atoms with E-state index in [1.807, 2.05) is 12.1 Å². The topological polar surface area (TPSA) is 88.1 Å². The van der Waals surface area contributed by atoms with Crippen molar-refractivity contribution in [3.63, 3.8) is 0 Å². The lowest BCUT2D eigenvalue weighted by molar-refractivity contribution is 0.0987. The summed E-state index contributed by atoms with van der Waals surface area (Å²) in [5, 5.41) is 5.48. The first-order valence-corrected chi connectivity index (χ1v) is 13.0. The summed E-state index contributed by atoms with van der Waals surface area (Å²) >= 11 is 1.30. The van der Waals surface area contributed by atoms with E-state index in [1.165, 1.54) is 18.4 Å². The van der Waals surface area contributed by atoms with E-state index in [-0.39, 0.29) is 13.0 Å². The van der Waals surface area contributed by atoms with Crippen LogP contribution >= 0.6 is 11.3 Å². The van der Waals surface area contributed by atoms with Crippen molar-refractivity contribution in [2.24, 2.45) is 0 Å². The molecule has 0 aliphatic heterocycles. The molecule has 12 heteroatoms. The third kappa shape index (κ3) is 5.09. The second-order valence-corrected chi connectivity index (χ2v) is 9.92. The second-order valence-electron chi connectivity index (χ2n) is 9.00. The number of ether oxygens (including phenoxy) is 3. The number of carbonyl (C=O) groups excluding carboxylic acids is 1. The first kappa shape index (κ1) is 26.4. The Labute approximate surface area is 234 Å². The number of methoxy groups -OCH3 is 2. The molecule has 208 valence electrons. The van der Waals surface area contributed by atoms with Crippen molar-refractivity contribution in [2.75, 3.05) is 14.2 Å². The van der Waals surface area contributed by atoms with Gasteiger partial charge in [-0.2, -0.15) is 0 Å². The number of imidazole rings is 1. The van der Waals surface area contributed by atoms with Gasteiger partial charge in [-0.25, -0.2) is 22.7 Å². The van der Waals surface area contributed by atoms with Crippen molar-refractivity contribution in [3.05, 3.63) is 94.9 Å². The lowest BCUT2D eigenvalue weighted by Crippen LogP contribution is -2.09. The average Bonchev–Trinajstić information content (AvgIpc) is 3.68. The van der Waals surface area contributed by atoms with E-state index in [0.717, 1.165) is 17.7 Å². The quantitative estimate of drug-likeness (QED) is 0.140. The van der Waals surface area contributed by atoms with E-state index < -0.39 is 28.8 Å². The van der Waals surface area contributed by atoms with Gasteiger partial charge in [0.05, 0.1) is 31.4 Å². The molecular weight excluding hydrogens is 559 g/mol. The Morgan fingerprint density at radius 2 is 1.83 bits per heavy atom. The molecule has 0 bridgehead atoms. The number of aromatic nitrogens is 3. The zero-order valence-corrected chi connectivity index (χ0v) is 22.4. The third-order valence-electron chi connectivity index (χ3n) is 6.35. The highest BCUT2D eigenvalue weighted by Crippen LogP contribution is 2.37. The van der Waals surface area contributed by atoms with Crippen molar-refractivity contribution >= 4 is 33.1 Å². The summed E-state index contributed by atoms with van der Waals surface area (Å²) in [7, 11) is 3.08. The Hall–Kier alpha value is -4.84. The number of halogens is 3. The molecule has 0 radical (unpaired) electrons. The maximum atomic E-state index is 14.1. The zero-order valence-electron chi connectivity index (χ0n) is 21.6. The van der Waals surface area contributed by atoms with Crippen LogP contribution in [0.25, 0.3) is 27.4 Å². The summed E-state index contributed by atoms with van der Waals surface area (Å²) < 4.78 is 65.3. The smallest absolute Gasteiger partial charge is 0.294 e. The molecule has 8 nitrogen and oxygen atoms in total. The van der Waals surface area contributed by atoms with Crippen molar-refractivity contribution in [2.45, 2.75) is 13.0 Å². The second kappa shape index (κ2) is 10.6. The molecule has 0 fully saturated rings. The van der Waals surface area contributed by atoms with Crippen LogP contribution in [0.1, 0.15) is 21.5 Å². The van der Waals surface area contributed by atoms with Gasteiger partial charge >= 0.3 is 0 Å². The van der Waals surface area contributed by atoms with E-state index in [4.69, 9.17) is 18.6 Å². The minimum Gasteiger partial charge on any atom is -0.496 e. The molecular formula is C29H20F3N3O5S. The van der Waals surface area contributed by atoms with Crippen LogP contribution in [0.15, 0.2) is 65.2 Å². The van der Waals surface area contributed by atoms with Crippen LogP contribution in [0.2, 0.25) is 0 Å². The molecule has 0 aliphatic carbocycles. The molecule has 0 aliphatic rings. The molecule has 0 spiro atoms. The van der Waals surface area contributed by atoms with Crippen molar-refractivity contribution in [1.82, 2.24) is 14.6 Å². The zero-order chi connectivity index (χ0) is 28.7. The van der Waals surface area contributed by atoms with Gasteiger partial charge in [0.2, 0.25) is 4.96 Å². The fourth-order valence-corrected chi connectivity index (χ4v) is 5.04. The predicted molar refractivity (Wildman–Crippen MR) is 144 cm³/mol. The van der Waals surface area contributed by atoms with Gasteiger partial charge in [-0.1, -0.05) is 24.3 Å². The van der Waals surface area contributed by atoms with Crippen molar-refractivity contribution in [1.29, 1.82) is 0 Å². The van der Waals surface area contributed by atoms with Gasteiger partial charge in [0.15, 0.2) is 29.0 Å². The summed E-state index contributed by atoms with van der Waals surface area (Å²) in [6.07, 6.45) is 1.54. The van der Waals surface area contributed by atoms with E-state index in [9.17, 15) is 18.0 Å². The minimum atomic E-state index is -1.67. The van der Waals surface area contributed by atoms with Crippen LogP contribution in [0.4, 0.5) is 13.2 Å². The van der Waals surface area contributed by atoms with E-state index in [1.54, 1.807) is 48.2 Å². The van der Waals surface area contributed by atoms with E-state index in [0.29, 0.717) is 49.6 Å². The molecule has 3 heterocycles. The summed E-state index contributed by atoms with van der Waals surface area (Å²) in [5.74, 6) is -3.65. The minimum absolute atomic E-state index is 0.133. The molecule has 3 aromatic carbocycles. The molecule has 0 saturated heterocycles. The SMILES string of the molecule is COc1cc(OCc2cccc(CC(=O)c3ccc(F)c(F)c3F)c2)c2cc(-c3cn4nc(OC)sc4n3)oc2c1. The molecule has 0 unspecified atom stereocenters. The Morgan fingerprint density at radius 1 is 1.00 bits per heavy atom. The normalized spacial score (nSPS) is 11.3. The van der Waals surface area contributed by atoms with Gasteiger partial charge in [-0.15, -0.1) is 5.10 Å². The van der Waals surface area contributed by atoms with Crippen LogP contribution in [0.3, 0.4) is 0 Å². The van der Waals surface area contributed by atoms with E-state index >= 15 is 0 Å². The highest BCUT2D eigenvalue weighted by Gasteiger charge is 2.20. The number of ketones is 1. The number of hydrogen-bond acceptors (Lipinski definition) is 8. The van der Waals surface area contributed by atoms with Crippen LogP contribution < -0.4 is 14.2 Å². The highest BCUT2D eigenvalue weighted by atomic mass is 32.1. The van der Waals surface area contributed by atoms with Crippen molar-refractivity contribution in [3.8, 4) is 28.1 Å². The fraction of sp³-hybridized carbons (Fsp3) is 0.138. The van der Waals surface area contributed by atoms with Crippen LogP contribution in [-0.4, -0.2) is 34.6 Å². The predicted octanol–water partition coefficient (Wildman–Crippen LogP) is 6.64. The summed E-state index contributed by atoms with van der Waals surface area (Å²) in [4.78, 5) is 17.8. The van der Waals surface area contributed by atoms with Crippen LogP contribution in [0.5, 0.6) is 16.7 Å². The molecule has 6 aromatic rings. The molecule has 0 saturated carbocycles. The number of fused-ring (bicyclic) bond motifs is 2. The van der Waals surface area contributed by atoms with Gasteiger partial charge in [-0.3, -0.25) is 4.79 Å². The highest BCUT2D eigenvalue weighted by molar-refractivity contribution is 7.18.